The standard InChI is InChI=1S/C24H18Cl2F3N3/c1-15(30-11-10-16-4-2-5-17(12-16)24(27,28)29)19-6-3-7-23-20(19)14-31-32(23)18-8-9-21(25)22(26)13-18/h2-9,12-14,30H,1,10-11H2. The molecule has 0 aliphatic carbocycles. The van der Waals surface area contributed by atoms with E-state index in [4.69, 9.17) is 23.2 Å². The van der Waals surface area contributed by atoms with E-state index in [1.165, 1.54) is 12.1 Å². The van der Waals surface area contributed by atoms with Gasteiger partial charge in [-0.1, -0.05) is 60.1 Å². The van der Waals surface area contributed by atoms with Crippen molar-refractivity contribution in [1.82, 2.24) is 15.1 Å². The van der Waals surface area contributed by atoms with Crippen molar-refractivity contribution in [3.8, 4) is 5.69 Å². The second-order valence-electron chi connectivity index (χ2n) is 7.25. The Balaban J connectivity index is 1.51. The number of nitrogens with one attached hydrogen (secondary N) is 1. The summed E-state index contributed by atoms with van der Waals surface area (Å²) in [6.07, 6.45) is -2.18. The van der Waals surface area contributed by atoms with Crippen LogP contribution in [-0.2, 0) is 12.6 Å². The van der Waals surface area contributed by atoms with Crippen LogP contribution in [0.2, 0.25) is 10.0 Å². The SMILES string of the molecule is C=C(NCCc1cccc(C(F)(F)F)c1)c1cccc2c1cnn2-c1ccc(Cl)c(Cl)c1. The molecule has 0 saturated carbocycles. The van der Waals surface area contributed by atoms with Crippen molar-refractivity contribution >= 4 is 39.8 Å². The first kappa shape index (κ1) is 22.2. The molecule has 0 amide bonds. The van der Waals surface area contributed by atoms with Crippen LogP contribution in [-0.4, -0.2) is 16.3 Å². The highest BCUT2D eigenvalue weighted by Crippen LogP contribution is 2.30. The van der Waals surface area contributed by atoms with Crippen LogP contribution in [0.4, 0.5) is 13.2 Å². The summed E-state index contributed by atoms with van der Waals surface area (Å²) >= 11 is 12.2. The first-order valence-electron chi connectivity index (χ1n) is 9.75. The molecule has 4 aromatic rings. The molecule has 3 aromatic carbocycles. The van der Waals surface area contributed by atoms with E-state index < -0.39 is 11.7 Å². The van der Waals surface area contributed by atoms with E-state index in [9.17, 15) is 13.2 Å². The molecule has 1 heterocycles. The van der Waals surface area contributed by atoms with Crippen molar-refractivity contribution in [2.45, 2.75) is 12.6 Å². The van der Waals surface area contributed by atoms with E-state index in [0.29, 0.717) is 34.3 Å². The Hall–Kier alpha value is -2.96. The van der Waals surface area contributed by atoms with E-state index in [-0.39, 0.29) is 0 Å². The number of hydrogen-bond donors (Lipinski definition) is 1. The van der Waals surface area contributed by atoms with E-state index in [2.05, 4.69) is 17.0 Å². The number of aromatic nitrogens is 2. The maximum absolute atomic E-state index is 12.9. The van der Waals surface area contributed by atoms with Crippen molar-refractivity contribution in [2.75, 3.05) is 6.54 Å². The Labute approximate surface area is 193 Å². The molecule has 0 unspecified atom stereocenters. The minimum absolute atomic E-state index is 0.432. The molecular weight excluding hydrogens is 458 g/mol. The van der Waals surface area contributed by atoms with Gasteiger partial charge in [0, 0.05) is 23.2 Å². The van der Waals surface area contributed by atoms with Crippen LogP contribution in [0.3, 0.4) is 0 Å². The van der Waals surface area contributed by atoms with E-state index in [0.717, 1.165) is 28.2 Å². The second kappa shape index (κ2) is 8.88. The third-order valence-electron chi connectivity index (χ3n) is 5.09. The van der Waals surface area contributed by atoms with Gasteiger partial charge in [-0.05, 0) is 42.3 Å². The largest absolute Gasteiger partial charge is 0.416 e. The van der Waals surface area contributed by atoms with Crippen LogP contribution in [0.25, 0.3) is 22.3 Å². The Bertz CT molecular complexity index is 1300. The number of benzene rings is 3. The van der Waals surface area contributed by atoms with Gasteiger partial charge in [-0.3, -0.25) is 0 Å². The number of halogens is 5. The number of nitrogens with zero attached hydrogens (tertiary/aromatic N) is 2. The van der Waals surface area contributed by atoms with E-state index in [1.54, 1.807) is 29.1 Å². The van der Waals surface area contributed by atoms with E-state index >= 15 is 0 Å². The molecular formula is C24H18Cl2F3N3. The van der Waals surface area contributed by atoms with E-state index in [1.807, 2.05) is 24.3 Å². The molecule has 3 nitrogen and oxygen atoms in total. The predicted octanol–water partition coefficient (Wildman–Crippen LogP) is 7.15. The molecule has 0 fully saturated rings. The first-order chi connectivity index (χ1) is 15.2. The zero-order valence-corrected chi connectivity index (χ0v) is 18.3. The van der Waals surface area contributed by atoms with Gasteiger partial charge in [-0.25, -0.2) is 4.68 Å². The minimum Gasteiger partial charge on any atom is -0.385 e. The number of hydrogen-bond acceptors (Lipinski definition) is 2. The van der Waals surface area contributed by atoms with Crippen molar-refractivity contribution in [2.24, 2.45) is 0 Å². The maximum atomic E-state index is 12.9. The zero-order valence-electron chi connectivity index (χ0n) is 16.8. The van der Waals surface area contributed by atoms with Crippen LogP contribution in [0.1, 0.15) is 16.7 Å². The Morgan fingerprint density at radius 1 is 1.00 bits per heavy atom. The van der Waals surface area contributed by atoms with Crippen LogP contribution < -0.4 is 5.32 Å². The van der Waals surface area contributed by atoms with Gasteiger partial charge in [0.15, 0.2) is 0 Å². The summed E-state index contributed by atoms with van der Waals surface area (Å²) in [6.45, 7) is 4.55. The van der Waals surface area contributed by atoms with Gasteiger partial charge in [0.2, 0.25) is 0 Å². The minimum atomic E-state index is -4.35. The predicted molar refractivity (Wildman–Crippen MR) is 123 cm³/mol. The topological polar surface area (TPSA) is 29.9 Å². The lowest BCUT2D eigenvalue weighted by molar-refractivity contribution is -0.137. The van der Waals surface area contributed by atoms with Gasteiger partial charge in [0.25, 0.3) is 0 Å². The van der Waals surface area contributed by atoms with Gasteiger partial charge < -0.3 is 5.32 Å². The maximum Gasteiger partial charge on any atom is 0.416 e. The molecule has 1 N–H and O–H groups in total. The van der Waals surface area contributed by atoms with Crippen LogP contribution >= 0.6 is 23.2 Å². The molecule has 0 bridgehead atoms. The highest BCUT2D eigenvalue weighted by atomic mass is 35.5. The molecule has 164 valence electrons. The quantitative estimate of drug-likeness (QED) is 0.320. The summed E-state index contributed by atoms with van der Waals surface area (Å²) in [4.78, 5) is 0. The average Bonchev–Trinajstić information content (AvgIpc) is 3.19. The molecule has 4 rings (SSSR count). The van der Waals surface area contributed by atoms with Crippen LogP contribution in [0.5, 0.6) is 0 Å². The monoisotopic (exact) mass is 475 g/mol. The third-order valence-corrected chi connectivity index (χ3v) is 5.83. The third kappa shape index (κ3) is 4.61. The lowest BCUT2D eigenvalue weighted by Crippen LogP contribution is -2.15. The highest BCUT2D eigenvalue weighted by Gasteiger charge is 2.30. The molecule has 0 atom stereocenters. The Morgan fingerprint density at radius 3 is 2.53 bits per heavy atom. The fourth-order valence-corrected chi connectivity index (χ4v) is 3.79. The smallest absolute Gasteiger partial charge is 0.385 e. The Kier molecular flexibility index (Phi) is 6.17. The number of alkyl halides is 3. The van der Waals surface area contributed by atoms with Crippen LogP contribution in [0, 0.1) is 0 Å². The fraction of sp³-hybridized carbons (Fsp3) is 0.125. The average molecular weight is 476 g/mol. The summed E-state index contributed by atoms with van der Waals surface area (Å²) in [5.74, 6) is 0. The molecule has 0 aliphatic heterocycles. The first-order valence-corrected chi connectivity index (χ1v) is 10.5. The van der Waals surface area contributed by atoms with Gasteiger partial charge in [0.1, 0.15) is 0 Å². The molecule has 8 heteroatoms. The van der Waals surface area contributed by atoms with Crippen molar-refractivity contribution in [3.63, 3.8) is 0 Å². The van der Waals surface area contributed by atoms with Gasteiger partial charge >= 0.3 is 6.18 Å². The number of rotatable bonds is 6. The summed E-state index contributed by atoms with van der Waals surface area (Å²) < 4.78 is 40.5. The molecule has 1 aromatic heterocycles. The van der Waals surface area contributed by atoms with Crippen LogP contribution in [0.15, 0.2) is 73.4 Å². The molecule has 0 spiro atoms. The van der Waals surface area contributed by atoms with Gasteiger partial charge in [-0.15, -0.1) is 0 Å². The summed E-state index contributed by atoms with van der Waals surface area (Å²) in [5, 5.41) is 9.47. The fourth-order valence-electron chi connectivity index (χ4n) is 3.49. The second-order valence-corrected chi connectivity index (χ2v) is 8.06. The summed E-state index contributed by atoms with van der Waals surface area (Å²) in [6, 6.07) is 16.4. The Morgan fingerprint density at radius 2 is 1.78 bits per heavy atom. The molecule has 0 radical (unpaired) electrons. The lowest BCUT2D eigenvalue weighted by Gasteiger charge is -2.12. The molecule has 0 saturated heterocycles. The van der Waals surface area contributed by atoms with Crippen molar-refractivity contribution < 1.29 is 13.2 Å². The highest BCUT2D eigenvalue weighted by molar-refractivity contribution is 6.42. The molecule has 0 aliphatic rings. The normalized spacial score (nSPS) is 11.7. The van der Waals surface area contributed by atoms with Crippen molar-refractivity contribution in [3.05, 3.63) is 100 Å². The zero-order chi connectivity index (χ0) is 22.9. The molecule has 32 heavy (non-hydrogen) atoms. The lowest BCUT2D eigenvalue weighted by atomic mass is 10.1. The van der Waals surface area contributed by atoms with Crippen molar-refractivity contribution in [1.29, 1.82) is 0 Å². The summed E-state index contributed by atoms with van der Waals surface area (Å²) in [7, 11) is 0. The summed E-state index contributed by atoms with van der Waals surface area (Å²) in [5.41, 5.74) is 3.12. The van der Waals surface area contributed by atoms with Gasteiger partial charge in [-0.2, -0.15) is 18.3 Å². The van der Waals surface area contributed by atoms with Gasteiger partial charge in [0.05, 0.1) is 33.0 Å². The number of fused-ring (bicyclic) bond motifs is 1.